The summed E-state index contributed by atoms with van der Waals surface area (Å²) >= 11 is 6.18. The summed E-state index contributed by atoms with van der Waals surface area (Å²) in [6.07, 6.45) is 6.41. The van der Waals surface area contributed by atoms with E-state index in [0.29, 0.717) is 30.2 Å². The summed E-state index contributed by atoms with van der Waals surface area (Å²) in [6.45, 7) is 7.33. The van der Waals surface area contributed by atoms with Gasteiger partial charge in [0.05, 0.1) is 10.6 Å². The van der Waals surface area contributed by atoms with E-state index in [-0.39, 0.29) is 35.8 Å². The van der Waals surface area contributed by atoms with Crippen LogP contribution in [0.4, 0.5) is 4.79 Å². The van der Waals surface area contributed by atoms with Crippen LogP contribution in [0.2, 0.25) is 5.02 Å². The van der Waals surface area contributed by atoms with E-state index in [1.54, 1.807) is 29.2 Å². The number of rotatable bonds is 6. The van der Waals surface area contributed by atoms with Crippen LogP contribution in [-0.2, 0) is 4.79 Å². The highest BCUT2D eigenvalue weighted by Gasteiger charge is 2.36. The van der Waals surface area contributed by atoms with Crippen molar-refractivity contribution in [3.8, 4) is 0 Å². The molecule has 2 aliphatic rings. The molecule has 1 aliphatic carbocycles. The van der Waals surface area contributed by atoms with Crippen molar-refractivity contribution < 1.29 is 14.4 Å². The van der Waals surface area contributed by atoms with Gasteiger partial charge in [-0.1, -0.05) is 63.3 Å². The Hall–Kier alpha value is -2.28. The zero-order chi connectivity index (χ0) is 24.0. The molecule has 182 valence electrons. The van der Waals surface area contributed by atoms with Crippen LogP contribution in [0.5, 0.6) is 0 Å². The van der Waals surface area contributed by atoms with E-state index in [9.17, 15) is 14.4 Å². The van der Waals surface area contributed by atoms with Gasteiger partial charge in [-0.15, -0.1) is 0 Å². The van der Waals surface area contributed by atoms with Gasteiger partial charge in [0, 0.05) is 31.7 Å². The molecular weight excluding hydrogens is 440 g/mol. The van der Waals surface area contributed by atoms with Crippen LogP contribution >= 0.6 is 11.6 Å². The van der Waals surface area contributed by atoms with Crippen molar-refractivity contribution in [1.29, 1.82) is 0 Å². The first-order valence-electron chi connectivity index (χ1n) is 12.2. The molecule has 4 amide bonds. The van der Waals surface area contributed by atoms with Crippen molar-refractivity contribution in [1.82, 2.24) is 20.4 Å². The zero-order valence-electron chi connectivity index (χ0n) is 20.0. The van der Waals surface area contributed by atoms with Crippen molar-refractivity contribution in [2.75, 3.05) is 19.6 Å². The first-order valence-corrected chi connectivity index (χ1v) is 12.6. The van der Waals surface area contributed by atoms with Crippen LogP contribution in [0.15, 0.2) is 24.3 Å². The monoisotopic (exact) mass is 476 g/mol. The highest BCUT2D eigenvalue weighted by Crippen LogP contribution is 2.20. The molecule has 0 aromatic heterocycles. The lowest BCUT2D eigenvalue weighted by atomic mass is 9.95. The number of urea groups is 1. The fraction of sp³-hybridized carbons (Fsp3) is 0.640. The van der Waals surface area contributed by atoms with Crippen LogP contribution in [0, 0.1) is 5.92 Å². The van der Waals surface area contributed by atoms with E-state index in [1.807, 2.05) is 25.7 Å². The largest absolute Gasteiger partial charge is 0.340 e. The lowest BCUT2D eigenvalue weighted by Crippen LogP contribution is -2.61. The minimum absolute atomic E-state index is 0.0352. The number of hydrogen-bond acceptors (Lipinski definition) is 3. The van der Waals surface area contributed by atoms with Gasteiger partial charge in [-0.3, -0.25) is 9.59 Å². The molecule has 0 spiro atoms. The van der Waals surface area contributed by atoms with Gasteiger partial charge in [-0.25, -0.2) is 4.79 Å². The number of amides is 4. The number of benzene rings is 1. The molecule has 1 saturated heterocycles. The summed E-state index contributed by atoms with van der Waals surface area (Å²) in [5.74, 6) is -0.492. The summed E-state index contributed by atoms with van der Waals surface area (Å²) in [7, 11) is 0. The van der Waals surface area contributed by atoms with Crippen molar-refractivity contribution in [2.45, 2.75) is 77.4 Å². The minimum Gasteiger partial charge on any atom is -0.340 e. The Bertz CT molecular complexity index is 843. The summed E-state index contributed by atoms with van der Waals surface area (Å²) in [5.41, 5.74) is 0.359. The zero-order valence-corrected chi connectivity index (χ0v) is 20.7. The maximum absolute atomic E-state index is 13.4. The van der Waals surface area contributed by atoms with Gasteiger partial charge in [0.1, 0.15) is 6.04 Å². The predicted octanol–water partition coefficient (Wildman–Crippen LogP) is 4.06. The molecule has 0 radical (unpaired) electrons. The molecule has 2 N–H and O–H groups in total. The third-order valence-electron chi connectivity index (χ3n) is 7.02. The Morgan fingerprint density at radius 2 is 1.82 bits per heavy atom. The van der Waals surface area contributed by atoms with Crippen LogP contribution < -0.4 is 10.6 Å². The van der Waals surface area contributed by atoms with E-state index >= 15 is 0 Å². The predicted molar refractivity (Wildman–Crippen MR) is 130 cm³/mol. The van der Waals surface area contributed by atoms with Gasteiger partial charge in [-0.2, -0.15) is 0 Å². The number of nitrogens with one attached hydrogen (secondary N) is 2. The molecule has 3 rings (SSSR count). The second-order valence-corrected chi connectivity index (χ2v) is 9.83. The van der Waals surface area contributed by atoms with Crippen molar-refractivity contribution in [3.05, 3.63) is 34.9 Å². The average Bonchev–Trinajstić information content (AvgIpc) is 2.82. The van der Waals surface area contributed by atoms with Crippen molar-refractivity contribution in [3.63, 3.8) is 0 Å². The molecule has 0 bridgehead atoms. The fourth-order valence-corrected chi connectivity index (χ4v) is 4.93. The number of nitrogens with zero attached hydrogens (tertiary/aromatic N) is 2. The summed E-state index contributed by atoms with van der Waals surface area (Å²) in [4.78, 5) is 42.7. The smallest absolute Gasteiger partial charge is 0.317 e. The number of carbonyl (C=O) groups is 3. The quantitative estimate of drug-likeness (QED) is 0.649. The topological polar surface area (TPSA) is 81.8 Å². The summed E-state index contributed by atoms with van der Waals surface area (Å²) in [6, 6.07) is 6.32. The first kappa shape index (κ1) is 25.3. The normalized spacial score (nSPS) is 21.3. The molecule has 33 heavy (non-hydrogen) atoms. The molecule has 1 aromatic carbocycles. The van der Waals surface area contributed by atoms with Crippen molar-refractivity contribution >= 4 is 29.4 Å². The van der Waals surface area contributed by atoms with E-state index in [2.05, 4.69) is 10.6 Å². The Labute approximate surface area is 202 Å². The van der Waals surface area contributed by atoms with E-state index < -0.39 is 6.04 Å². The molecule has 3 atom stereocenters. The van der Waals surface area contributed by atoms with Gasteiger partial charge in [0.25, 0.3) is 5.91 Å². The Kier molecular flexibility index (Phi) is 9.01. The molecule has 1 heterocycles. The maximum atomic E-state index is 13.4. The van der Waals surface area contributed by atoms with Crippen LogP contribution in [-0.4, -0.2) is 65.4 Å². The molecule has 1 aliphatic heterocycles. The molecule has 1 saturated carbocycles. The number of halogens is 1. The summed E-state index contributed by atoms with van der Waals surface area (Å²) < 4.78 is 0. The van der Waals surface area contributed by atoms with Gasteiger partial charge >= 0.3 is 6.03 Å². The SMILES string of the molecule is CCC(C)C(NC(=O)c1ccccc1Cl)C(=O)N1CCN(C(=O)NC2CCCCC2)C(C)C1. The van der Waals surface area contributed by atoms with Gasteiger partial charge in [-0.05, 0) is 37.8 Å². The molecule has 2 fully saturated rings. The average molecular weight is 477 g/mol. The Morgan fingerprint density at radius 1 is 1.12 bits per heavy atom. The van der Waals surface area contributed by atoms with E-state index in [4.69, 9.17) is 11.6 Å². The molecule has 3 unspecified atom stereocenters. The molecule has 8 heteroatoms. The first-order chi connectivity index (χ1) is 15.8. The molecular formula is C25H37ClN4O3. The lowest BCUT2D eigenvalue weighted by Gasteiger charge is -2.42. The maximum Gasteiger partial charge on any atom is 0.317 e. The standard InChI is InChI=1S/C25H37ClN4O3/c1-4-17(2)22(28-23(31)20-12-8-9-13-21(20)26)24(32)29-14-15-30(18(3)16-29)25(33)27-19-10-6-5-7-11-19/h8-9,12-13,17-19,22H,4-7,10-11,14-16H2,1-3H3,(H,27,33)(H,28,31). The van der Waals surface area contributed by atoms with Crippen molar-refractivity contribution in [2.24, 2.45) is 5.92 Å². The third kappa shape index (κ3) is 6.40. The van der Waals surface area contributed by atoms with Crippen LogP contribution in [0.1, 0.15) is 69.7 Å². The van der Waals surface area contributed by atoms with Crippen LogP contribution in [0.25, 0.3) is 0 Å². The number of carbonyl (C=O) groups excluding carboxylic acids is 3. The lowest BCUT2D eigenvalue weighted by molar-refractivity contribution is -0.136. The van der Waals surface area contributed by atoms with Gasteiger partial charge in [0.2, 0.25) is 5.91 Å². The highest BCUT2D eigenvalue weighted by atomic mass is 35.5. The Balaban J connectivity index is 1.62. The minimum atomic E-state index is -0.645. The van der Waals surface area contributed by atoms with E-state index in [1.165, 1.54) is 19.3 Å². The third-order valence-corrected chi connectivity index (χ3v) is 7.35. The Morgan fingerprint density at radius 3 is 2.45 bits per heavy atom. The second kappa shape index (κ2) is 11.7. The second-order valence-electron chi connectivity index (χ2n) is 9.43. The fourth-order valence-electron chi connectivity index (χ4n) is 4.71. The van der Waals surface area contributed by atoms with Gasteiger partial charge < -0.3 is 20.4 Å². The highest BCUT2D eigenvalue weighted by molar-refractivity contribution is 6.33. The molecule has 1 aromatic rings. The van der Waals surface area contributed by atoms with E-state index in [0.717, 1.165) is 19.3 Å². The molecule has 7 nitrogen and oxygen atoms in total. The number of hydrogen-bond donors (Lipinski definition) is 2. The van der Waals surface area contributed by atoms with Gasteiger partial charge in [0.15, 0.2) is 0 Å². The van der Waals surface area contributed by atoms with Crippen LogP contribution in [0.3, 0.4) is 0 Å². The number of piperazine rings is 1. The summed E-state index contributed by atoms with van der Waals surface area (Å²) in [5, 5.41) is 6.45.